The third-order valence-electron chi connectivity index (χ3n) is 11.9. The fourth-order valence-corrected chi connectivity index (χ4v) is 10.3. The van der Waals surface area contributed by atoms with Gasteiger partial charge in [-0.1, -0.05) is 39.3 Å². The summed E-state index contributed by atoms with van der Waals surface area (Å²) in [6, 6.07) is 0.388. The van der Waals surface area contributed by atoms with E-state index >= 15 is 0 Å². The van der Waals surface area contributed by atoms with Crippen molar-refractivity contribution >= 4 is 35.5 Å². The van der Waals surface area contributed by atoms with E-state index in [1.807, 2.05) is 21.3 Å². The molecule has 0 aliphatic carbocycles. The van der Waals surface area contributed by atoms with Gasteiger partial charge in [-0.3, -0.25) is 14.4 Å². The number of thioether (sulfide) groups is 1. The van der Waals surface area contributed by atoms with Crippen molar-refractivity contribution in [1.29, 1.82) is 0 Å². The maximum atomic E-state index is 13.5. The number of nitrogens with one attached hydrogen (secondary N) is 4. The lowest BCUT2D eigenvalue weighted by atomic mass is 9.92. The molecule has 0 bridgehead atoms. The normalized spacial score (nSPS) is 21.0. The van der Waals surface area contributed by atoms with Crippen LogP contribution in [0.3, 0.4) is 0 Å². The van der Waals surface area contributed by atoms with Gasteiger partial charge in [0.25, 0.3) is 0 Å². The summed E-state index contributed by atoms with van der Waals surface area (Å²) in [6.07, 6.45) is 5.33. The Balaban J connectivity index is 0.985. The Hall–Kier alpha value is -3.11. The second kappa shape index (κ2) is 29.0. The number of nitrogens with zero attached hydrogens (tertiary/aromatic N) is 5. The van der Waals surface area contributed by atoms with Gasteiger partial charge in [-0.05, 0) is 46.2 Å². The molecule has 5 amide bonds. The summed E-state index contributed by atoms with van der Waals surface area (Å²) in [5.74, 6) is 0.896. The van der Waals surface area contributed by atoms with E-state index in [0.29, 0.717) is 117 Å². The molecule has 19 nitrogen and oxygen atoms in total. The number of unbranched alkanes of at least 4 members (excludes halogenated alkanes) is 1. The third-order valence-corrected chi connectivity index (χ3v) is 13.4. The Morgan fingerprint density at radius 2 is 1.44 bits per heavy atom. The first-order valence-corrected chi connectivity index (χ1v) is 25.1. The van der Waals surface area contributed by atoms with Gasteiger partial charge < -0.3 is 59.5 Å². The van der Waals surface area contributed by atoms with E-state index in [-0.39, 0.29) is 59.5 Å². The number of urea groups is 1. The molecule has 2 saturated heterocycles. The van der Waals surface area contributed by atoms with Gasteiger partial charge in [0.05, 0.1) is 64.0 Å². The molecule has 4 heterocycles. The van der Waals surface area contributed by atoms with Crippen molar-refractivity contribution in [2.75, 3.05) is 120 Å². The second-order valence-electron chi connectivity index (χ2n) is 19.6. The predicted molar refractivity (Wildman–Crippen MR) is 253 cm³/mol. The number of carbonyl (C=O) groups excluding carboxylic acids is 4. The molecule has 2 fully saturated rings. The molecular weight excluding hydrogens is 871 g/mol. The van der Waals surface area contributed by atoms with E-state index in [1.165, 1.54) is 0 Å². The Kier molecular flexibility index (Phi) is 24.4. The van der Waals surface area contributed by atoms with Crippen LogP contribution in [0.15, 0.2) is 0 Å². The molecule has 1 aromatic heterocycles. The van der Waals surface area contributed by atoms with Crippen molar-refractivity contribution in [2.45, 2.75) is 128 Å². The van der Waals surface area contributed by atoms with Crippen LogP contribution in [0.2, 0.25) is 0 Å². The molecule has 20 heteroatoms. The average Bonchev–Trinajstić information content (AvgIpc) is 3.93. The third kappa shape index (κ3) is 19.9. The molecule has 0 aromatic carbocycles. The van der Waals surface area contributed by atoms with E-state index in [2.05, 4.69) is 78.3 Å². The SMILES string of the molecule is CO[C@H]1CN(C(=O)CCCC(=O)NCCCOCCOCCOCCCNC(=O)CCCC[C@@H]2SC[C@@H]3NC(=O)N[C@@H]32)CCc2c(nnn2CC(C)(C)COCC(C)(C)CN(C)C)[C@@H]1OC. The van der Waals surface area contributed by atoms with Crippen LogP contribution in [-0.2, 0) is 55.8 Å². The van der Waals surface area contributed by atoms with Gasteiger partial charge in [-0.2, -0.15) is 11.8 Å². The number of aromatic nitrogens is 3. The summed E-state index contributed by atoms with van der Waals surface area (Å²) < 4.78 is 36.7. The Morgan fingerprint density at radius 3 is 2.08 bits per heavy atom. The minimum Gasteiger partial charge on any atom is -0.380 e. The molecule has 0 spiro atoms. The number of rotatable bonds is 33. The molecule has 4 N–H and O–H groups in total. The number of fused-ring (bicyclic) bond motifs is 2. The van der Waals surface area contributed by atoms with Gasteiger partial charge >= 0.3 is 6.03 Å². The fraction of sp³-hybridized carbons (Fsp3) is 0.870. The monoisotopic (exact) mass is 954 g/mol. The fourth-order valence-electron chi connectivity index (χ4n) is 8.77. The van der Waals surface area contributed by atoms with Crippen molar-refractivity contribution in [2.24, 2.45) is 10.8 Å². The van der Waals surface area contributed by atoms with E-state index in [1.54, 1.807) is 14.2 Å². The van der Waals surface area contributed by atoms with E-state index in [9.17, 15) is 19.2 Å². The van der Waals surface area contributed by atoms with Crippen LogP contribution in [0.25, 0.3) is 0 Å². The van der Waals surface area contributed by atoms with Crippen molar-refractivity contribution in [1.82, 2.24) is 46.1 Å². The van der Waals surface area contributed by atoms with Crippen molar-refractivity contribution in [3.63, 3.8) is 0 Å². The van der Waals surface area contributed by atoms with Crippen LogP contribution in [0, 0.1) is 10.8 Å². The standard InChI is InChI=1S/C46H83N9O10S/c1-45(2,30-53(5)6)32-65-33-46(3,4)31-55-35-18-21-54(28-36(60-7)43(61-8)42(35)51-52-55)40(58)17-11-16-39(57)48-20-13-23-63-25-27-64-26-24-62-22-12-19-47-38(56)15-10-9-14-37-41-34(29-66-37)49-44(59)50-41/h34,36-37,41,43H,9-33H2,1-8H3,(H,47,56)(H,48,57)(H2,49,50,59)/t34-,36-,37-,41-,43+/m0/s1. The van der Waals surface area contributed by atoms with Crippen LogP contribution < -0.4 is 21.3 Å². The van der Waals surface area contributed by atoms with Crippen LogP contribution in [-0.4, -0.2) is 192 Å². The molecular formula is C46H83N9O10S. The lowest BCUT2D eigenvalue weighted by Crippen LogP contribution is -2.44. The molecule has 0 saturated carbocycles. The number of carbonyl (C=O) groups is 4. The molecule has 1 aromatic rings. The van der Waals surface area contributed by atoms with Crippen molar-refractivity contribution in [3.05, 3.63) is 11.4 Å². The highest BCUT2D eigenvalue weighted by Gasteiger charge is 2.42. The lowest BCUT2D eigenvalue weighted by Gasteiger charge is -2.34. The molecule has 0 radical (unpaired) electrons. The van der Waals surface area contributed by atoms with Gasteiger partial charge in [0.1, 0.15) is 17.9 Å². The van der Waals surface area contributed by atoms with Crippen LogP contribution in [0.4, 0.5) is 4.79 Å². The quantitative estimate of drug-likeness (QED) is 0.0591. The Labute approximate surface area is 397 Å². The zero-order chi connectivity index (χ0) is 48.0. The summed E-state index contributed by atoms with van der Waals surface area (Å²) >= 11 is 1.90. The van der Waals surface area contributed by atoms with E-state index < -0.39 is 12.2 Å². The van der Waals surface area contributed by atoms with Gasteiger partial charge in [0.15, 0.2) is 0 Å². The molecule has 66 heavy (non-hydrogen) atoms. The number of ether oxygens (including phenoxy) is 6. The topological polar surface area (TPSA) is 209 Å². The van der Waals surface area contributed by atoms with Crippen molar-refractivity contribution in [3.8, 4) is 0 Å². The van der Waals surface area contributed by atoms with Crippen LogP contribution in [0.5, 0.6) is 0 Å². The van der Waals surface area contributed by atoms with Gasteiger partial charge in [-0.15, -0.1) is 5.10 Å². The molecule has 4 rings (SSSR count). The summed E-state index contributed by atoms with van der Waals surface area (Å²) in [7, 11) is 7.39. The zero-order valence-corrected chi connectivity index (χ0v) is 42.1. The highest BCUT2D eigenvalue weighted by atomic mass is 32.2. The van der Waals surface area contributed by atoms with Gasteiger partial charge in [0.2, 0.25) is 17.7 Å². The number of hydrogen-bond acceptors (Lipinski definition) is 14. The van der Waals surface area contributed by atoms with E-state index in [4.69, 9.17) is 28.4 Å². The summed E-state index contributed by atoms with van der Waals surface area (Å²) in [4.78, 5) is 53.8. The maximum Gasteiger partial charge on any atom is 0.315 e. The Morgan fingerprint density at radius 1 is 0.803 bits per heavy atom. The summed E-state index contributed by atoms with van der Waals surface area (Å²) in [6.45, 7) is 16.2. The average molecular weight is 954 g/mol. The summed E-state index contributed by atoms with van der Waals surface area (Å²) in [5, 5.41) is 21.4. The first-order chi connectivity index (χ1) is 31.6. The maximum absolute atomic E-state index is 13.5. The highest BCUT2D eigenvalue weighted by Crippen LogP contribution is 2.33. The molecule has 3 aliphatic heterocycles. The summed E-state index contributed by atoms with van der Waals surface area (Å²) in [5.41, 5.74) is 1.46. The predicted octanol–water partition coefficient (Wildman–Crippen LogP) is 2.95. The largest absolute Gasteiger partial charge is 0.380 e. The molecule has 5 atom stereocenters. The number of amides is 5. The molecule has 0 unspecified atom stereocenters. The first-order valence-electron chi connectivity index (χ1n) is 24.0. The number of methoxy groups -OCH3 is 2. The van der Waals surface area contributed by atoms with Gasteiger partial charge in [-0.25, -0.2) is 9.48 Å². The van der Waals surface area contributed by atoms with E-state index in [0.717, 1.165) is 49.4 Å². The smallest absolute Gasteiger partial charge is 0.315 e. The Bertz CT molecular complexity index is 1620. The van der Waals surface area contributed by atoms with Crippen LogP contribution in [0.1, 0.15) is 103 Å². The minimum absolute atomic E-state index is 0.0265. The molecule has 378 valence electrons. The van der Waals surface area contributed by atoms with Gasteiger partial charge in [0, 0.05) is 108 Å². The number of hydrogen-bond donors (Lipinski definition) is 4. The second-order valence-corrected chi connectivity index (χ2v) is 20.9. The van der Waals surface area contributed by atoms with Crippen LogP contribution >= 0.6 is 11.8 Å². The zero-order valence-electron chi connectivity index (χ0n) is 41.3. The van der Waals surface area contributed by atoms with Crippen molar-refractivity contribution < 1.29 is 47.6 Å². The lowest BCUT2D eigenvalue weighted by molar-refractivity contribution is -0.136. The minimum atomic E-state index is -0.493. The molecule has 3 aliphatic rings. The highest BCUT2D eigenvalue weighted by molar-refractivity contribution is 8.00. The first kappa shape index (κ1) is 55.5.